The third-order valence-corrected chi connectivity index (χ3v) is 3.18. The lowest BCUT2D eigenvalue weighted by molar-refractivity contribution is 0.0996. The minimum atomic E-state index is -0.210. The van der Waals surface area contributed by atoms with Crippen molar-refractivity contribution in [3.05, 3.63) is 29.3 Å². The van der Waals surface area contributed by atoms with Crippen LogP contribution in [-0.4, -0.2) is 16.6 Å². The summed E-state index contributed by atoms with van der Waals surface area (Å²) in [5.41, 5.74) is 2.35. The third-order valence-electron chi connectivity index (χ3n) is 2.76. The molecular weight excluding hydrogens is 284 g/mol. The number of fused-ring (bicyclic) bond motifs is 1. The number of carbonyl (C=O) groups is 2. The number of carbonyl (C=O) groups excluding carboxylic acids is 2. The summed E-state index contributed by atoms with van der Waals surface area (Å²) in [5.74, 6) is 0.0388. The molecule has 2 amide bonds. The monoisotopic (exact) mass is 296 g/mol. The van der Waals surface area contributed by atoms with Crippen molar-refractivity contribution >= 4 is 33.4 Å². The fourth-order valence-corrected chi connectivity index (χ4v) is 2.11. The highest BCUT2D eigenvalue weighted by Gasteiger charge is 2.22. The zero-order valence-corrected chi connectivity index (χ0v) is 11.2. The molecule has 1 aliphatic heterocycles. The number of hydrogen-bond donors (Lipinski definition) is 2. The van der Waals surface area contributed by atoms with Crippen LogP contribution in [-0.2, 0) is 0 Å². The Labute approximate surface area is 108 Å². The average molecular weight is 297 g/mol. The molecule has 0 saturated heterocycles. The van der Waals surface area contributed by atoms with E-state index in [0.29, 0.717) is 5.56 Å². The second-order valence-electron chi connectivity index (χ2n) is 4.10. The van der Waals surface area contributed by atoms with Crippen molar-refractivity contribution in [2.45, 2.75) is 24.7 Å². The normalized spacial score (nSPS) is 19.9. The van der Waals surface area contributed by atoms with Gasteiger partial charge in [0.25, 0.3) is 0 Å². The highest BCUT2D eigenvalue weighted by molar-refractivity contribution is 9.10. The van der Waals surface area contributed by atoms with Crippen LogP contribution in [0.1, 0.15) is 35.8 Å². The molecule has 1 aromatic rings. The minimum Gasteiger partial charge on any atom is -0.331 e. The Bertz CT molecular complexity index is 485. The van der Waals surface area contributed by atoms with Gasteiger partial charge in [-0.3, -0.25) is 4.79 Å². The number of nitrogens with one attached hydrogen (secondary N) is 2. The summed E-state index contributed by atoms with van der Waals surface area (Å²) in [6.45, 7) is 3.69. The number of benzene rings is 1. The van der Waals surface area contributed by atoms with E-state index in [4.69, 9.17) is 0 Å². The maximum Gasteiger partial charge on any atom is 0.319 e. The lowest BCUT2D eigenvalue weighted by Crippen LogP contribution is -2.36. The van der Waals surface area contributed by atoms with Crippen molar-refractivity contribution in [3.63, 3.8) is 0 Å². The Morgan fingerprint density at radius 2 is 2.18 bits per heavy atom. The Balaban J connectivity index is 2.40. The Kier molecular flexibility index (Phi) is 3.19. The van der Waals surface area contributed by atoms with Gasteiger partial charge in [-0.05, 0) is 37.6 Å². The van der Waals surface area contributed by atoms with Gasteiger partial charge in [-0.1, -0.05) is 15.9 Å². The van der Waals surface area contributed by atoms with Crippen molar-refractivity contribution < 1.29 is 9.59 Å². The lowest BCUT2D eigenvalue weighted by atomic mass is 9.98. The summed E-state index contributed by atoms with van der Waals surface area (Å²) < 4.78 is 0. The van der Waals surface area contributed by atoms with E-state index >= 15 is 0 Å². The molecule has 0 radical (unpaired) electrons. The van der Waals surface area contributed by atoms with Gasteiger partial charge < -0.3 is 10.6 Å². The van der Waals surface area contributed by atoms with Gasteiger partial charge in [0.05, 0.1) is 10.9 Å². The molecule has 1 aliphatic rings. The topological polar surface area (TPSA) is 58.2 Å². The average Bonchev–Trinajstić information content (AvgIpc) is 2.27. The molecule has 90 valence electrons. The van der Waals surface area contributed by atoms with E-state index in [1.165, 1.54) is 0 Å². The van der Waals surface area contributed by atoms with Gasteiger partial charge in [-0.2, -0.15) is 0 Å². The molecule has 0 fully saturated rings. The second-order valence-corrected chi connectivity index (χ2v) is 5.48. The molecular formula is C12H13BrN2O2. The number of ketones is 1. The number of Topliss-reactive ketones (excluding diaryl/α,β-unsaturated/α-hetero) is 1. The van der Waals surface area contributed by atoms with Gasteiger partial charge in [-0.25, -0.2) is 4.79 Å². The number of amides is 2. The van der Waals surface area contributed by atoms with Gasteiger partial charge in [0.1, 0.15) is 0 Å². The first-order chi connectivity index (χ1) is 7.99. The first-order valence-electron chi connectivity index (χ1n) is 5.39. The largest absolute Gasteiger partial charge is 0.331 e. The summed E-state index contributed by atoms with van der Waals surface area (Å²) >= 11 is 3.26. The third kappa shape index (κ3) is 2.34. The summed E-state index contributed by atoms with van der Waals surface area (Å²) in [4.78, 5) is 22.9. The molecule has 0 aliphatic carbocycles. The maximum absolute atomic E-state index is 11.8. The molecule has 2 rings (SSSR count). The van der Waals surface area contributed by atoms with Gasteiger partial charge in [0, 0.05) is 11.3 Å². The summed E-state index contributed by atoms with van der Waals surface area (Å²) in [5, 5.41) is 5.47. The summed E-state index contributed by atoms with van der Waals surface area (Å²) in [6.07, 6.45) is 0. The Morgan fingerprint density at radius 3 is 2.82 bits per heavy atom. The zero-order chi connectivity index (χ0) is 12.6. The Hall–Kier alpha value is -1.36. The van der Waals surface area contributed by atoms with Gasteiger partial charge in [-0.15, -0.1) is 0 Å². The predicted molar refractivity (Wildman–Crippen MR) is 69.7 cm³/mol. The fraction of sp³-hybridized carbons (Fsp3) is 0.333. The Morgan fingerprint density at radius 1 is 1.47 bits per heavy atom. The predicted octanol–water partition coefficient (Wildman–Crippen LogP) is 2.85. The fourth-order valence-electron chi connectivity index (χ4n) is 1.85. The molecule has 0 aromatic heterocycles. The number of rotatable bonds is 2. The van der Waals surface area contributed by atoms with E-state index in [1.807, 2.05) is 13.0 Å². The molecule has 2 unspecified atom stereocenters. The standard InChI is InChI=1S/C12H13BrN2O2/c1-6(13)11(16)8-3-4-10-9(5-8)7(2)14-12(17)15-10/h3-7H,1-2H3,(H2,14,15,17). The van der Waals surface area contributed by atoms with Crippen LogP contribution in [0, 0.1) is 0 Å². The second kappa shape index (κ2) is 4.49. The molecule has 1 aromatic carbocycles. The smallest absolute Gasteiger partial charge is 0.319 e. The van der Waals surface area contributed by atoms with Crippen LogP contribution in [0.25, 0.3) is 0 Å². The highest BCUT2D eigenvalue weighted by Crippen LogP contribution is 2.28. The van der Waals surface area contributed by atoms with Crippen molar-refractivity contribution in [1.29, 1.82) is 0 Å². The van der Waals surface area contributed by atoms with Gasteiger partial charge in [0.15, 0.2) is 5.78 Å². The van der Waals surface area contributed by atoms with E-state index in [2.05, 4.69) is 26.6 Å². The van der Waals surface area contributed by atoms with Crippen molar-refractivity contribution in [1.82, 2.24) is 5.32 Å². The molecule has 1 heterocycles. The quantitative estimate of drug-likeness (QED) is 0.651. The van der Waals surface area contributed by atoms with E-state index in [0.717, 1.165) is 11.3 Å². The van der Waals surface area contributed by atoms with Crippen LogP contribution in [0.2, 0.25) is 0 Å². The van der Waals surface area contributed by atoms with Crippen LogP contribution < -0.4 is 10.6 Å². The molecule has 0 spiro atoms. The van der Waals surface area contributed by atoms with Gasteiger partial charge in [0.2, 0.25) is 0 Å². The molecule has 0 bridgehead atoms. The first kappa shape index (κ1) is 12.1. The molecule has 17 heavy (non-hydrogen) atoms. The summed E-state index contributed by atoms with van der Waals surface area (Å²) in [6, 6.07) is 5.03. The summed E-state index contributed by atoms with van der Waals surface area (Å²) in [7, 11) is 0. The highest BCUT2D eigenvalue weighted by atomic mass is 79.9. The zero-order valence-electron chi connectivity index (χ0n) is 9.58. The first-order valence-corrected chi connectivity index (χ1v) is 6.30. The lowest BCUT2D eigenvalue weighted by Gasteiger charge is -2.25. The molecule has 2 N–H and O–H groups in total. The number of alkyl halides is 1. The molecule has 4 nitrogen and oxygen atoms in total. The van der Waals surface area contributed by atoms with Crippen LogP contribution in [0.4, 0.5) is 10.5 Å². The van der Waals surface area contributed by atoms with E-state index in [-0.39, 0.29) is 22.7 Å². The van der Waals surface area contributed by atoms with Gasteiger partial charge >= 0.3 is 6.03 Å². The van der Waals surface area contributed by atoms with Crippen molar-refractivity contribution in [2.75, 3.05) is 5.32 Å². The molecule has 0 saturated carbocycles. The number of anilines is 1. The SMILES string of the molecule is CC(Br)C(=O)c1ccc2c(c1)C(C)NC(=O)N2. The number of urea groups is 1. The molecule has 5 heteroatoms. The van der Waals surface area contributed by atoms with Crippen LogP contribution in [0.3, 0.4) is 0 Å². The van der Waals surface area contributed by atoms with Crippen molar-refractivity contribution in [2.24, 2.45) is 0 Å². The number of hydrogen-bond acceptors (Lipinski definition) is 2. The van der Waals surface area contributed by atoms with E-state index < -0.39 is 0 Å². The van der Waals surface area contributed by atoms with Crippen LogP contribution in [0.5, 0.6) is 0 Å². The van der Waals surface area contributed by atoms with Crippen molar-refractivity contribution in [3.8, 4) is 0 Å². The number of halogens is 1. The van der Waals surface area contributed by atoms with E-state index in [1.54, 1.807) is 19.1 Å². The molecule has 2 atom stereocenters. The van der Waals surface area contributed by atoms with E-state index in [9.17, 15) is 9.59 Å². The minimum absolute atomic E-state index is 0.0388. The van der Waals surface area contributed by atoms with Crippen LogP contribution >= 0.6 is 15.9 Å². The van der Waals surface area contributed by atoms with Crippen LogP contribution in [0.15, 0.2) is 18.2 Å². The maximum atomic E-state index is 11.8.